The van der Waals surface area contributed by atoms with Crippen molar-refractivity contribution in [3.05, 3.63) is 28.8 Å². The first-order valence-corrected chi connectivity index (χ1v) is 7.31. The molecule has 0 saturated heterocycles. The fraction of sp³-hybridized carbons (Fsp3) is 0.588. The Labute approximate surface area is 133 Å². The molecule has 23 heavy (non-hydrogen) atoms. The van der Waals surface area contributed by atoms with E-state index in [0.717, 1.165) is 0 Å². The van der Waals surface area contributed by atoms with Crippen LogP contribution in [0.2, 0.25) is 0 Å². The summed E-state index contributed by atoms with van der Waals surface area (Å²) in [4.78, 5) is 11.8. The molecule has 0 radical (unpaired) electrons. The molecule has 0 spiro atoms. The fourth-order valence-electron chi connectivity index (χ4n) is 2.54. The first-order chi connectivity index (χ1) is 10.1. The zero-order chi connectivity index (χ0) is 18.0. The van der Waals surface area contributed by atoms with Gasteiger partial charge in [-0.05, 0) is 22.5 Å². The van der Waals surface area contributed by atoms with E-state index in [1.54, 1.807) is 6.07 Å². The molecular formula is C17H21F3O3. The lowest BCUT2D eigenvalue weighted by Crippen LogP contribution is -2.47. The molecular weight excluding hydrogens is 309 g/mol. The summed E-state index contributed by atoms with van der Waals surface area (Å²) < 4.78 is 45.0. The van der Waals surface area contributed by atoms with Crippen LogP contribution in [0.5, 0.6) is 5.75 Å². The third kappa shape index (κ3) is 2.63. The number of fused-ring (bicyclic) bond motifs is 1. The molecule has 1 aromatic carbocycles. The Morgan fingerprint density at radius 3 is 1.91 bits per heavy atom. The van der Waals surface area contributed by atoms with Gasteiger partial charge in [0.2, 0.25) is 0 Å². The van der Waals surface area contributed by atoms with Crippen molar-refractivity contribution in [1.29, 1.82) is 0 Å². The summed E-state index contributed by atoms with van der Waals surface area (Å²) in [6.45, 7) is 11.0. The molecule has 0 aliphatic carbocycles. The highest BCUT2D eigenvalue weighted by atomic mass is 19.4. The van der Waals surface area contributed by atoms with Gasteiger partial charge < -0.3 is 9.84 Å². The van der Waals surface area contributed by atoms with Crippen LogP contribution in [0.3, 0.4) is 0 Å². The lowest BCUT2D eigenvalue weighted by Gasteiger charge is -2.28. The number of hydrogen-bond donors (Lipinski definition) is 1. The molecule has 0 aromatic heterocycles. The predicted octanol–water partition coefficient (Wildman–Crippen LogP) is 3.95. The Balaban J connectivity index is 2.88. The van der Waals surface area contributed by atoms with E-state index in [9.17, 15) is 23.1 Å². The highest BCUT2D eigenvalue weighted by molar-refractivity contribution is 5.90. The van der Waals surface area contributed by atoms with Gasteiger partial charge in [0.15, 0.2) is 0 Å². The molecule has 0 saturated carbocycles. The quantitative estimate of drug-likeness (QED) is 0.579. The SMILES string of the molecule is CC(C)(C)c1cc(C(C)(C)C)c2c(c1)[C@@](O)(C(F)(F)F)C(=O)O2. The van der Waals surface area contributed by atoms with Gasteiger partial charge in [-0.25, -0.2) is 4.79 Å². The number of alkyl halides is 3. The Morgan fingerprint density at radius 1 is 1.00 bits per heavy atom. The maximum atomic E-state index is 13.4. The topological polar surface area (TPSA) is 46.5 Å². The van der Waals surface area contributed by atoms with E-state index in [4.69, 9.17) is 4.74 Å². The van der Waals surface area contributed by atoms with Crippen molar-refractivity contribution in [2.75, 3.05) is 0 Å². The van der Waals surface area contributed by atoms with E-state index in [0.29, 0.717) is 11.1 Å². The maximum Gasteiger partial charge on any atom is 0.432 e. The number of halogens is 3. The second-order valence-electron chi connectivity index (χ2n) is 8.00. The summed E-state index contributed by atoms with van der Waals surface area (Å²) in [6.07, 6.45) is -5.15. The number of benzene rings is 1. The van der Waals surface area contributed by atoms with Crippen LogP contribution in [0.4, 0.5) is 13.2 Å². The van der Waals surface area contributed by atoms with Crippen molar-refractivity contribution in [2.45, 2.75) is 64.1 Å². The predicted molar refractivity (Wildman–Crippen MR) is 79.4 cm³/mol. The number of aliphatic hydroxyl groups is 1. The molecule has 1 aromatic rings. The lowest BCUT2D eigenvalue weighted by atomic mass is 9.77. The molecule has 0 amide bonds. The minimum absolute atomic E-state index is 0.185. The number of carbonyl (C=O) groups excluding carboxylic acids is 1. The van der Waals surface area contributed by atoms with Gasteiger partial charge in [-0.2, -0.15) is 13.2 Å². The fourth-order valence-corrected chi connectivity index (χ4v) is 2.54. The van der Waals surface area contributed by atoms with Crippen LogP contribution in [-0.2, 0) is 21.2 Å². The van der Waals surface area contributed by atoms with Crippen LogP contribution in [-0.4, -0.2) is 17.3 Å². The van der Waals surface area contributed by atoms with Crippen LogP contribution < -0.4 is 4.74 Å². The van der Waals surface area contributed by atoms with Gasteiger partial charge in [-0.15, -0.1) is 0 Å². The molecule has 1 aliphatic rings. The molecule has 0 bridgehead atoms. The summed E-state index contributed by atoms with van der Waals surface area (Å²) in [5, 5.41) is 10.1. The molecule has 1 atom stereocenters. The summed E-state index contributed by atoms with van der Waals surface area (Å²) >= 11 is 0. The van der Waals surface area contributed by atoms with Crippen molar-refractivity contribution in [1.82, 2.24) is 0 Å². The average Bonchev–Trinajstić information content (AvgIpc) is 2.59. The van der Waals surface area contributed by atoms with Crippen molar-refractivity contribution < 1.29 is 27.8 Å². The Hall–Kier alpha value is -1.56. The highest BCUT2D eigenvalue weighted by Gasteiger charge is 2.67. The Bertz CT molecular complexity index is 663. The van der Waals surface area contributed by atoms with Crippen molar-refractivity contribution in [3.63, 3.8) is 0 Å². The first-order valence-electron chi connectivity index (χ1n) is 7.31. The maximum absolute atomic E-state index is 13.4. The van der Waals surface area contributed by atoms with Crippen molar-refractivity contribution in [2.24, 2.45) is 0 Å². The molecule has 128 valence electrons. The summed E-state index contributed by atoms with van der Waals surface area (Å²) in [5.74, 6) is -1.88. The molecule has 1 heterocycles. The minimum atomic E-state index is -5.15. The van der Waals surface area contributed by atoms with E-state index in [-0.39, 0.29) is 5.75 Å². The summed E-state index contributed by atoms with van der Waals surface area (Å²) in [7, 11) is 0. The standard InChI is InChI=1S/C17H21F3O3/c1-14(2,3)9-7-10(15(4,5)6)12-11(8-9)16(22,13(21)23-12)17(18,19)20/h7-8,22H,1-6H3/t16-/m0/s1. The van der Waals surface area contributed by atoms with Gasteiger partial charge in [-0.3, -0.25) is 0 Å². The smallest absolute Gasteiger partial charge is 0.423 e. The monoisotopic (exact) mass is 330 g/mol. The average molecular weight is 330 g/mol. The van der Waals surface area contributed by atoms with E-state index in [1.165, 1.54) is 6.07 Å². The van der Waals surface area contributed by atoms with Crippen LogP contribution >= 0.6 is 0 Å². The molecule has 2 rings (SSSR count). The van der Waals surface area contributed by atoms with E-state index in [1.807, 2.05) is 41.5 Å². The zero-order valence-electron chi connectivity index (χ0n) is 14.1. The Kier molecular flexibility index (Phi) is 3.65. The van der Waals surface area contributed by atoms with Crippen molar-refractivity contribution >= 4 is 5.97 Å². The second-order valence-corrected chi connectivity index (χ2v) is 8.00. The van der Waals surface area contributed by atoms with Gasteiger partial charge >= 0.3 is 12.1 Å². The van der Waals surface area contributed by atoms with E-state index >= 15 is 0 Å². The van der Waals surface area contributed by atoms with Gasteiger partial charge in [-0.1, -0.05) is 47.6 Å². The van der Waals surface area contributed by atoms with Crippen LogP contribution in [0.25, 0.3) is 0 Å². The highest BCUT2D eigenvalue weighted by Crippen LogP contribution is 2.52. The summed E-state index contributed by atoms with van der Waals surface area (Å²) in [6, 6.07) is 2.97. The van der Waals surface area contributed by atoms with Crippen LogP contribution in [0.1, 0.15) is 58.2 Å². The van der Waals surface area contributed by atoms with E-state index < -0.39 is 34.1 Å². The molecule has 3 nitrogen and oxygen atoms in total. The van der Waals surface area contributed by atoms with E-state index in [2.05, 4.69) is 0 Å². The molecule has 0 fully saturated rings. The van der Waals surface area contributed by atoms with Gasteiger partial charge in [0, 0.05) is 11.1 Å². The van der Waals surface area contributed by atoms with Gasteiger partial charge in [0.1, 0.15) is 5.75 Å². The van der Waals surface area contributed by atoms with Crippen LogP contribution in [0, 0.1) is 0 Å². The van der Waals surface area contributed by atoms with Crippen molar-refractivity contribution in [3.8, 4) is 5.75 Å². The van der Waals surface area contributed by atoms with Gasteiger partial charge in [0.25, 0.3) is 5.60 Å². The molecule has 0 unspecified atom stereocenters. The third-order valence-corrected chi connectivity index (χ3v) is 4.05. The minimum Gasteiger partial charge on any atom is -0.423 e. The normalized spacial score (nSPS) is 22.1. The number of hydrogen-bond acceptors (Lipinski definition) is 3. The van der Waals surface area contributed by atoms with Crippen LogP contribution in [0.15, 0.2) is 12.1 Å². The largest absolute Gasteiger partial charge is 0.432 e. The number of ether oxygens (including phenoxy) is 1. The molecule has 1 N–H and O–H groups in total. The third-order valence-electron chi connectivity index (χ3n) is 4.05. The lowest BCUT2D eigenvalue weighted by molar-refractivity contribution is -0.258. The Morgan fingerprint density at radius 2 is 1.52 bits per heavy atom. The molecule has 6 heteroatoms. The number of rotatable bonds is 0. The van der Waals surface area contributed by atoms with Gasteiger partial charge in [0.05, 0.1) is 0 Å². The second kappa shape index (κ2) is 4.72. The molecule has 1 aliphatic heterocycles. The number of carbonyl (C=O) groups is 1. The number of esters is 1. The first kappa shape index (κ1) is 17.8. The zero-order valence-corrected chi connectivity index (χ0v) is 14.1. The summed E-state index contributed by atoms with van der Waals surface area (Å²) in [5.41, 5.74) is -4.08.